The van der Waals surface area contributed by atoms with Crippen molar-refractivity contribution in [3.8, 4) is 0 Å². The lowest BCUT2D eigenvalue weighted by molar-refractivity contribution is 0.706. The fourth-order valence-electron chi connectivity index (χ4n) is 1.83. The van der Waals surface area contributed by atoms with E-state index in [-0.39, 0.29) is 11.5 Å². The average molecular weight is 295 g/mol. The van der Waals surface area contributed by atoms with Gasteiger partial charge in [0.05, 0.1) is 6.54 Å². The molecule has 0 atom stereocenters. The van der Waals surface area contributed by atoms with Gasteiger partial charge in [-0.15, -0.1) is 11.3 Å². The number of anilines is 2. The van der Waals surface area contributed by atoms with E-state index < -0.39 is 11.2 Å². The van der Waals surface area contributed by atoms with E-state index in [0.717, 1.165) is 11.4 Å². The van der Waals surface area contributed by atoms with E-state index in [1.807, 2.05) is 6.20 Å². The molecule has 0 bridgehead atoms. The molecular weight excluding hydrogens is 278 g/mol. The zero-order valence-corrected chi connectivity index (χ0v) is 12.2. The Labute approximate surface area is 119 Å². The molecule has 0 radical (unpaired) electrons. The van der Waals surface area contributed by atoms with E-state index in [1.165, 1.54) is 9.44 Å². The number of aromatic nitrogens is 3. The second-order valence-corrected chi connectivity index (χ2v) is 5.39. The summed E-state index contributed by atoms with van der Waals surface area (Å²) in [5.74, 6) is 0.147. The number of hydrogen-bond donors (Lipinski definition) is 3. The molecule has 0 aliphatic rings. The van der Waals surface area contributed by atoms with Crippen LogP contribution in [0.15, 0.2) is 15.8 Å². The molecule has 2 aromatic rings. The Hall–Kier alpha value is -2.09. The van der Waals surface area contributed by atoms with Gasteiger partial charge in [-0.2, -0.15) is 0 Å². The van der Waals surface area contributed by atoms with Crippen molar-refractivity contribution in [3.05, 3.63) is 36.9 Å². The maximum absolute atomic E-state index is 11.8. The van der Waals surface area contributed by atoms with Gasteiger partial charge in [0, 0.05) is 17.6 Å². The number of hydrogen-bond acceptors (Lipinski definition) is 6. The molecule has 7 nitrogen and oxygen atoms in total. The van der Waals surface area contributed by atoms with Crippen LogP contribution in [0.3, 0.4) is 0 Å². The standard InChI is InChI=1S/C12H17N5O2S/c1-3-7-5-14-8(20-7)6-15-9-10(13)17(4-2)12(19)16-11(9)18/h5,15H,3-4,6,13H2,1-2H3,(H,16,18,19). The lowest BCUT2D eigenvalue weighted by Crippen LogP contribution is -2.33. The number of aryl methyl sites for hydroxylation is 1. The molecule has 2 aromatic heterocycles. The van der Waals surface area contributed by atoms with Crippen LogP contribution in [-0.2, 0) is 19.5 Å². The molecule has 4 N–H and O–H groups in total. The van der Waals surface area contributed by atoms with Crippen LogP contribution >= 0.6 is 11.3 Å². The van der Waals surface area contributed by atoms with Gasteiger partial charge in [-0.25, -0.2) is 9.78 Å². The molecule has 0 fully saturated rings. The van der Waals surface area contributed by atoms with E-state index >= 15 is 0 Å². The molecule has 0 spiro atoms. The maximum Gasteiger partial charge on any atom is 0.330 e. The van der Waals surface area contributed by atoms with Crippen LogP contribution in [0.4, 0.5) is 11.5 Å². The number of rotatable bonds is 5. The highest BCUT2D eigenvalue weighted by Crippen LogP contribution is 2.16. The smallest absolute Gasteiger partial charge is 0.330 e. The fraction of sp³-hybridized carbons (Fsp3) is 0.417. The van der Waals surface area contributed by atoms with Crippen molar-refractivity contribution in [2.24, 2.45) is 0 Å². The maximum atomic E-state index is 11.8. The van der Waals surface area contributed by atoms with Crippen molar-refractivity contribution < 1.29 is 0 Å². The van der Waals surface area contributed by atoms with Crippen LogP contribution in [0, 0.1) is 0 Å². The Morgan fingerprint density at radius 3 is 2.80 bits per heavy atom. The minimum atomic E-state index is -0.510. The lowest BCUT2D eigenvalue weighted by atomic mass is 10.4. The molecule has 0 saturated carbocycles. The number of H-pyrrole nitrogens is 1. The van der Waals surface area contributed by atoms with Crippen LogP contribution < -0.4 is 22.3 Å². The Morgan fingerprint density at radius 1 is 1.45 bits per heavy atom. The number of nitrogens with one attached hydrogen (secondary N) is 2. The first-order valence-electron chi connectivity index (χ1n) is 6.36. The molecule has 20 heavy (non-hydrogen) atoms. The molecule has 0 unspecified atom stereocenters. The molecule has 0 aromatic carbocycles. The van der Waals surface area contributed by atoms with Gasteiger partial charge in [0.1, 0.15) is 16.5 Å². The summed E-state index contributed by atoms with van der Waals surface area (Å²) in [5, 5.41) is 3.83. The second kappa shape index (κ2) is 5.91. The van der Waals surface area contributed by atoms with Crippen LogP contribution in [0.25, 0.3) is 0 Å². The third-order valence-corrected chi connectivity index (χ3v) is 4.06. The third kappa shape index (κ3) is 2.74. The third-order valence-electron chi connectivity index (χ3n) is 2.92. The monoisotopic (exact) mass is 295 g/mol. The largest absolute Gasteiger partial charge is 0.383 e. The summed E-state index contributed by atoms with van der Waals surface area (Å²) in [6.45, 7) is 4.64. The Balaban J connectivity index is 2.25. The summed E-state index contributed by atoms with van der Waals surface area (Å²) in [7, 11) is 0. The Morgan fingerprint density at radius 2 is 2.20 bits per heavy atom. The van der Waals surface area contributed by atoms with Gasteiger partial charge in [0.2, 0.25) is 0 Å². The van der Waals surface area contributed by atoms with Crippen molar-refractivity contribution in [2.75, 3.05) is 11.1 Å². The summed E-state index contributed by atoms with van der Waals surface area (Å²) in [6.07, 6.45) is 2.75. The van der Waals surface area contributed by atoms with E-state index in [2.05, 4.69) is 22.2 Å². The highest BCUT2D eigenvalue weighted by molar-refractivity contribution is 7.11. The highest BCUT2D eigenvalue weighted by Gasteiger charge is 2.11. The second-order valence-electron chi connectivity index (χ2n) is 4.19. The van der Waals surface area contributed by atoms with E-state index in [0.29, 0.717) is 13.1 Å². The number of aromatic amines is 1. The summed E-state index contributed by atoms with van der Waals surface area (Å²) in [5.41, 5.74) is 5.06. The Bertz CT molecular complexity index is 715. The summed E-state index contributed by atoms with van der Waals surface area (Å²) >= 11 is 1.58. The van der Waals surface area contributed by atoms with Crippen molar-refractivity contribution in [1.29, 1.82) is 0 Å². The zero-order valence-electron chi connectivity index (χ0n) is 11.4. The molecule has 0 saturated heterocycles. The first-order valence-corrected chi connectivity index (χ1v) is 7.18. The molecule has 0 aliphatic carbocycles. The summed E-state index contributed by atoms with van der Waals surface area (Å²) in [4.78, 5) is 31.0. The van der Waals surface area contributed by atoms with Gasteiger partial charge in [-0.1, -0.05) is 6.92 Å². The highest BCUT2D eigenvalue weighted by atomic mass is 32.1. The van der Waals surface area contributed by atoms with Gasteiger partial charge in [-0.05, 0) is 13.3 Å². The number of nitrogens with two attached hydrogens (primary N) is 1. The van der Waals surface area contributed by atoms with Crippen molar-refractivity contribution in [1.82, 2.24) is 14.5 Å². The van der Waals surface area contributed by atoms with Gasteiger partial charge in [0.25, 0.3) is 5.56 Å². The first-order chi connectivity index (χ1) is 9.56. The predicted molar refractivity (Wildman–Crippen MR) is 80.2 cm³/mol. The number of nitrogens with zero attached hydrogens (tertiary/aromatic N) is 2. The molecule has 0 aliphatic heterocycles. The minimum Gasteiger partial charge on any atom is -0.383 e. The van der Waals surface area contributed by atoms with Gasteiger partial charge >= 0.3 is 5.69 Å². The summed E-state index contributed by atoms with van der Waals surface area (Å²) in [6, 6.07) is 0. The topological polar surface area (TPSA) is 106 Å². The predicted octanol–water partition coefficient (Wildman–Crippen LogP) is 0.770. The first kappa shape index (κ1) is 14.3. The van der Waals surface area contributed by atoms with Crippen LogP contribution in [0.1, 0.15) is 23.7 Å². The minimum absolute atomic E-state index is 0.147. The molecule has 0 amide bonds. The Kier molecular flexibility index (Phi) is 4.23. The van der Waals surface area contributed by atoms with E-state index in [1.54, 1.807) is 18.3 Å². The molecule has 2 rings (SSSR count). The van der Waals surface area contributed by atoms with Crippen LogP contribution in [0.5, 0.6) is 0 Å². The summed E-state index contributed by atoms with van der Waals surface area (Å²) < 4.78 is 1.31. The number of thiazole rings is 1. The quantitative estimate of drug-likeness (QED) is 0.755. The normalized spacial score (nSPS) is 10.7. The van der Waals surface area contributed by atoms with E-state index in [9.17, 15) is 9.59 Å². The molecule has 2 heterocycles. The van der Waals surface area contributed by atoms with Crippen LogP contribution in [-0.4, -0.2) is 14.5 Å². The number of nitrogen functional groups attached to an aromatic ring is 1. The molecule has 8 heteroatoms. The average Bonchev–Trinajstić information content (AvgIpc) is 2.86. The van der Waals surface area contributed by atoms with Gasteiger partial charge < -0.3 is 11.1 Å². The fourth-order valence-corrected chi connectivity index (χ4v) is 2.63. The SMILES string of the molecule is CCc1cnc(CNc2c(N)n(CC)c(=O)[nH]c2=O)s1. The molecular formula is C12H17N5O2S. The molecule has 108 valence electrons. The zero-order chi connectivity index (χ0) is 14.7. The van der Waals surface area contributed by atoms with Crippen molar-refractivity contribution in [2.45, 2.75) is 33.4 Å². The van der Waals surface area contributed by atoms with Gasteiger partial charge in [-0.3, -0.25) is 14.3 Å². The van der Waals surface area contributed by atoms with Gasteiger partial charge in [0.15, 0.2) is 0 Å². The van der Waals surface area contributed by atoms with E-state index in [4.69, 9.17) is 5.73 Å². The lowest BCUT2D eigenvalue weighted by Gasteiger charge is -2.11. The van der Waals surface area contributed by atoms with Crippen LogP contribution in [0.2, 0.25) is 0 Å². The van der Waals surface area contributed by atoms with Crippen molar-refractivity contribution in [3.63, 3.8) is 0 Å². The van der Waals surface area contributed by atoms with Crippen molar-refractivity contribution >= 4 is 22.8 Å².